The molecule has 0 bridgehead atoms. The summed E-state index contributed by atoms with van der Waals surface area (Å²) < 4.78 is 49.6. The number of ether oxygens (including phenoxy) is 4. The maximum Gasteiger partial charge on any atom is 0.359 e. The van der Waals surface area contributed by atoms with Crippen LogP contribution in [0, 0.1) is 11.6 Å². The Bertz CT molecular complexity index is 3690. The van der Waals surface area contributed by atoms with Crippen molar-refractivity contribution in [3.8, 4) is 11.4 Å². The lowest BCUT2D eigenvalue weighted by molar-refractivity contribution is -0.172. The monoisotopic (exact) mass is 1230 g/mol. The standard InChI is InChI=1S/C33H29Cl2N3O6.C33H29F2N3O6/c2*1-43-32(41)33(42,20-39)21-44-31(40)30-28-4-2-3-5-29(28)38(36-30)27-16-14-26(15-17-27)37(18-22-6-10-24(34)11-7-22)19-23-8-12-25(35)13-9-23/h2*2-17,39,42H,18-21H2,1H3. The summed E-state index contributed by atoms with van der Waals surface area (Å²) in [7, 11) is 2.09. The van der Waals surface area contributed by atoms with Crippen LogP contribution in [-0.4, -0.2) is 116 Å². The molecule has 0 saturated carbocycles. The summed E-state index contributed by atoms with van der Waals surface area (Å²) in [6, 6.07) is 57.2. The number of carbonyl (C=O) groups excluding carboxylic acids is 4. The van der Waals surface area contributed by atoms with Crippen LogP contribution in [0.25, 0.3) is 33.2 Å². The topological polar surface area (TPSA) is 228 Å². The van der Waals surface area contributed by atoms with E-state index in [-0.39, 0.29) is 23.0 Å². The highest BCUT2D eigenvalue weighted by molar-refractivity contribution is 6.30. The third kappa shape index (κ3) is 15.0. The number of nitrogens with zero attached hydrogens (tertiary/aromatic N) is 6. The maximum absolute atomic E-state index is 13.5. The first-order valence-corrected chi connectivity index (χ1v) is 28.0. The molecule has 8 aromatic carbocycles. The molecule has 0 saturated heterocycles. The van der Waals surface area contributed by atoms with Gasteiger partial charge in [0.25, 0.3) is 0 Å². The number of aliphatic hydroxyl groups excluding tert-OH is 2. The van der Waals surface area contributed by atoms with Crippen molar-refractivity contribution in [3.63, 3.8) is 0 Å². The smallest absolute Gasteiger partial charge is 0.359 e. The number of rotatable bonds is 22. The van der Waals surface area contributed by atoms with E-state index >= 15 is 0 Å². The normalized spacial score (nSPS) is 12.5. The molecule has 0 fully saturated rings. The molecule has 2 aromatic heterocycles. The Morgan fingerprint density at radius 2 is 0.773 bits per heavy atom. The van der Waals surface area contributed by atoms with Crippen LogP contribution in [0.4, 0.5) is 20.2 Å². The van der Waals surface area contributed by atoms with Gasteiger partial charge in [0.05, 0.1) is 49.8 Å². The molecule has 10 rings (SSSR count). The number of fused-ring (bicyclic) bond motifs is 2. The van der Waals surface area contributed by atoms with E-state index in [0.717, 1.165) is 47.8 Å². The quantitative estimate of drug-likeness (QED) is 0.0365. The fourth-order valence-corrected chi connectivity index (χ4v) is 9.63. The van der Waals surface area contributed by atoms with E-state index in [4.69, 9.17) is 32.7 Å². The van der Waals surface area contributed by atoms with Crippen LogP contribution in [0.15, 0.2) is 194 Å². The fourth-order valence-electron chi connectivity index (χ4n) is 9.38. The van der Waals surface area contributed by atoms with Gasteiger partial charge in [0.15, 0.2) is 11.4 Å². The summed E-state index contributed by atoms with van der Waals surface area (Å²) in [5, 5.41) is 50.9. The number of benzene rings is 8. The molecule has 18 nitrogen and oxygen atoms in total. The minimum absolute atomic E-state index is 0.0121. The third-order valence-corrected chi connectivity index (χ3v) is 14.7. The SMILES string of the molecule is COC(=O)C(O)(CO)COC(=O)c1nn(-c2ccc(N(Cc3ccc(Cl)cc3)Cc3ccc(Cl)cc3)cc2)c2ccccc12.COC(=O)C(O)(CO)COC(=O)c1nn(-c2ccc(N(Cc3ccc(F)cc3)Cc3ccc(F)cc3)cc2)c2ccccc12. The number of aliphatic hydroxyl groups is 4. The van der Waals surface area contributed by atoms with Gasteiger partial charge in [-0.15, -0.1) is 0 Å². The zero-order valence-corrected chi connectivity index (χ0v) is 48.9. The summed E-state index contributed by atoms with van der Waals surface area (Å²) in [6.45, 7) is -1.44. The van der Waals surface area contributed by atoms with Crippen molar-refractivity contribution in [1.29, 1.82) is 0 Å². The third-order valence-electron chi connectivity index (χ3n) is 14.2. The second kappa shape index (κ2) is 28.3. The maximum atomic E-state index is 13.5. The van der Waals surface area contributed by atoms with Gasteiger partial charge in [-0.05, 0) is 131 Å². The minimum Gasteiger partial charge on any atom is -0.467 e. The number of hydrogen-bond donors (Lipinski definition) is 4. The molecule has 0 amide bonds. The highest BCUT2D eigenvalue weighted by Crippen LogP contribution is 2.30. The zero-order valence-electron chi connectivity index (χ0n) is 47.4. The van der Waals surface area contributed by atoms with E-state index in [2.05, 4.69) is 29.5 Å². The van der Waals surface area contributed by atoms with E-state index in [1.165, 1.54) is 24.3 Å². The molecule has 10 aromatic rings. The molecule has 0 aliphatic carbocycles. The molecular weight excluding hydrogens is 1180 g/mol. The molecule has 2 heterocycles. The van der Waals surface area contributed by atoms with Crippen LogP contribution in [0.1, 0.15) is 43.2 Å². The summed E-state index contributed by atoms with van der Waals surface area (Å²) in [4.78, 5) is 54.1. The average Bonchev–Trinajstić information content (AvgIpc) is 1.86. The number of aromatic nitrogens is 4. The van der Waals surface area contributed by atoms with E-state index in [1.54, 1.807) is 70.0 Å². The Morgan fingerprint density at radius 3 is 1.08 bits per heavy atom. The van der Waals surface area contributed by atoms with Crippen LogP contribution >= 0.6 is 23.2 Å². The van der Waals surface area contributed by atoms with E-state index in [1.807, 2.05) is 109 Å². The van der Waals surface area contributed by atoms with Crippen LogP contribution in [-0.2, 0) is 54.7 Å². The van der Waals surface area contributed by atoms with Crippen molar-refractivity contribution >= 4 is 80.3 Å². The van der Waals surface area contributed by atoms with Crippen molar-refractivity contribution in [1.82, 2.24) is 19.6 Å². The molecule has 2 unspecified atom stereocenters. The highest BCUT2D eigenvalue weighted by atomic mass is 35.5. The number of anilines is 2. The van der Waals surface area contributed by atoms with Crippen LogP contribution in [0.2, 0.25) is 10.0 Å². The van der Waals surface area contributed by atoms with Gasteiger partial charge in [-0.1, -0.05) is 108 Å². The molecular formula is C66H58Cl2F2N6O12. The van der Waals surface area contributed by atoms with E-state index in [0.29, 0.717) is 69.4 Å². The number of para-hydroxylation sites is 2. The first-order valence-electron chi connectivity index (χ1n) is 27.2. The van der Waals surface area contributed by atoms with Gasteiger partial charge in [0.1, 0.15) is 24.8 Å². The summed E-state index contributed by atoms with van der Waals surface area (Å²) >= 11 is 12.2. The Balaban J connectivity index is 0.000000209. The van der Waals surface area contributed by atoms with E-state index < -0.39 is 61.5 Å². The number of esters is 4. The molecule has 4 N–H and O–H groups in total. The van der Waals surface area contributed by atoms with Gasteiger partial charge in [-0.25, -0.2) is 37.3 Å². The lowest BCUT2D eigenvalue weighted by Crippen LogP contribution is -2.48. The predicted octanol–water partition coefficient (Wildman–Crippen LogP) is 10.2. The van der Waals surface area contributed by atoms with Crippen molar-refractivity contribution in [2.45, 2.75) is 37.4 Å². The number of methoxy groups -OCH3 is 2. The Morgan fingerprint density at radius 1 is 0.466 bits per heavy atom. The number of carbonyl (C=O) groups is 4. The highest BCUT2D eigenvalue weighted by Gasteiger charge is 2.40. The Hall–Kier alpha value is -9.54. The summed E-state index contributed by atoms with van der Waals surface area (Å²) in [6.07, 6.45) is 0. The molecule has 452 valence electrons. The lowest BCUT2D eigenvalue weighted by Gasteiger charge is -2.26. The molecule has 0 radical (unpaired) electrons. The minimum atomic E-state index is -2.41. The average molecular weight is 1240 g/mol. The number of hydrogen-bond acceptors (Lipinski definition) is 16. The van der Waals surface area contributed by atoms with Crippen molar-refractivity contribution in [2.75, 3.05) is 50.4 Å². The summed E-state index contributed by atoms with van der Waals surface area (Å²) in [5.74, 6) is -4.70. The van der Waals surface area contributed by atoms with E-state index in [9.17, 15) is 48.4 Å². The van der Waals surface area contributed by atoms with Gasteiger partial charge in [0, 0.05) is 58.4 Å². The largest absolute Gasteiger partial charge is 0.467 e. The Labute approximate surface area is 513 Å². The number of halogens is 4. The molecule has 88 heavy (non-hydrogen) atoms. The Kier molecular flexibility index (Phi) is 20.3. The lowest BCUT2D eigenvalue weighted by atomic mass is 10.1. The summed E-state index contributed by atoms with van der Waals surface area (Å²) in [5.41, 5.74) is 3.48. The van der Waals surface area contributed by atoms with Crippen LogP contribution in [0.5, 0.6) is 0 Å². The van der Waals surface area contributed by atoms with Crippen molar-refractivity contribution in [3.05, 3.63) is 249 Å². The molecule has 0 aliphatic rings. The molecule has 2 atom stereocenters. The second-order valence-corrected chi connectivity index (χ2v) is 21.2. The van der Waals surface area contributed by atoms with Gasteiger partial charge in [0.2, 0.25) is 11.2 Å². The van der Waals surface area contributed by atoms with Crippen molar-refractivity contribution < 1.29 is 67.3 Å². The van der Waals surface area contributed by atoms with Gasteiger partial charge >= 0.3 is 23.9 Å². The predicted molar refractivity (Wildman–Crippen MR) is 326 cm³/mol. The first kappa shape index (κ1) is 63.0. The first-order chi connectivity index (χ1) is 42.4. The van der Waals surface area contributed by atoms with Gasteiger partial charge < -0.3 is 49.2 Å². The van der Waals surface area contributed by atoms with Crippen molar-refractivity contribution in [2.24, 2.45) is 0 Å². The zero-order chi connectivity index (χ0) is 62.5. The molecule has 22 heteroatoms. The van der Waals surface area contributed by atoms with Gasteiger partial charge in [-0.3, -0.25) is 0 Å². The molecule has 0 spiro atoms. The van der Waals surface area contributed by atoms with Gasteiger partial charge in [-0.2, -0.15) is 10.2 Å². The van der Waals surface area contributed by atoms with Crippen LogP contribution in [0.3, 0.4) is 0 Å². The fraction of sp³-hybridized carbons (Fsp3) is 0.182. The second-order valence-electron chi connectivity index (χ2n) is 20.3. The molecule has 0 aliphatic heterocycles. The van der Waals surface area contributed by atoms with Crippen LogP contribution < -0.4 is 9.80 Å².